The second-order valence-corrected chi connectivity index (χ2v) is 5.99. The number of methoxy groups -OCH3 is 1. The summed E-state index contributed by atoms with van der Waals surface area (Å²) in [4.78, 5) is 37.3. The Labute approximate surface area is 156 Å². The quantitative estimate of drug-likeness (QED) is 0.838. The van der Waals surface area contributed by atoms with Gasteiger partial charge in [-0.3, -0.25) is 14.5 Å². The fourth-order valence-corrected chi connectivity index (χ4v) is 3.02. The van der Waals surface area contributed by atoms with Crippen LogP contribution in [0.4, 0.5) is 16.2 Å². The smallest absolute Gasteiger partial charge is 0.407 e. The number of ether oxygens (including phenoxy) is 2. The van der Waals surface area contributed by atoms with Gasteiger partial charge in [-0.05, 0) is 36.1 Å². The first-order chi connectivity index (χ1) is 13.1. The number of nitrogens with zero attached hydrogens (tertiary/aromatic N) is 1. The molecule has 140 valence electrons. The molecule has 0 spiro atoms. The number of hydrogen-bond acceptors (Lipinski definition) is 5. The number of aryl methyl sites for hydroxylation is 2. The summed E-state index contributed by atoms with van der Waals surface area (Å²) in [5.74, 6) is -1.08. The number of rotatable bonds is 4. The van der Waals surface area contributed by atoms with Gasteiger partial charge in [0.25, 0.3) is 5.91 Å². The van der Waals surface area contributed by atoms with E-state index in [0.717, 1.165) is 35.3 Å². The lowest BCUT2D eigenvalue weighted by Gasteiger charge is -2.24. The van der Waals surface area contributed by atoms with Crippen molar-refractivity contribution in [3.63, 3.8) is 0 Å². The number of nitrogens with one attached hydrogen (secondary N) is 1. The number of alkyl carbamates (subject to hydrolysis) is 1. The average Bonchev–Trinajstić information content (AvgIpc) is 2.87. The van der Waals surface area contributed by atoms with Gasteiger partial charge in [-0.25, -0.2) is 4.79 Å². The van der Waals surface area contributed by atoms with Gasteiger partial charge >= 0.3 is 12.1 Å². The molecule has 2 aromatic rings. The summed E-state index contributed by atoms with van der Waals surface area (Å²) >= 11 is 0. The first-order valence-electron chi connectivity index (χ1n) is 8.56. The van der Waals surface area contributed by atoms with Gasteiger partial charge in [0.1, 0.15) is 6.54 Å². The van der Waals surface area contributed by atoms with Crippen molar-refractivity contribution in [1.29, 1.82) is 0 Å². The molecule has 7 nitrogen and oxygen atoms in total. The maximum absolute atomic E-state index is 12.9. The van der Waals surface area contributed by atoms with Crippen molar-refractivity contribution in [3.05, 3.63) is 59.7 Å². The van der Waals surface area contributed by atoms with Gasteiger partial charge in [0.05, 0.1) is 18.5 Å². The van der Waals surface area contributed by atoms with Crippen LogP contribution in [0.2, 0.25) is 0 Å². The van der Waals surface area contributed by atoms with Crippen LogP contribution in [-0.2, 0) is 31.9 Å². The van der Waals surface area contributed by atoms with Gasteiger partial charge in [-0.15, -0.1) is 0 Å². The van der Waals surface area contributed by atoms with Crippen LogP contribution in [0.15, 0.2) is 48.5 Å². The second kappa shape index (κ2) is 8.35. The van der Waals surface area contributed by atoms with Crippen molar-refractivity contribution in [1.82, 2.24) is 5.32 Å². The second-order valence-electron chi connectivity index (χ2n) is 5.99. The van der Waals surface area contributed by atoms with Crippen LogP contribution in [0.1, 0.15) is 11.1 Å². The van der Waals surface area contributed by atoms with E-state index in [-0.39, 0.29) is 12.5 Å². The zero-order chi connectivity index (χ0) is 19.2. The van der Waals surface area contributed by atoms with Gasteiger partial charge < -0.3 is 14.8 Å². The zero-order valence-electron chi connectivity index (χ0n) is 14.9. The fraction of sp³-hybridized carbons (Fsp3) is 0.250. The van der Waals surface area contributed by atoms with Gasteiger partial charge in [0.15, 0.2) is 6.61 Å². The summed E-state index contributed by atoms with van der Waals surface area (Å²) in [5.41, 5.74) is 3.69. The first kappa shape index (κ1) is 18.4. The Balaban J connectivity index is 1.77. The highest BCUT2D eigenvalue weighted by atomic mass is 16.5. The van der Waals surface area contributed by atoms with Crippen LogP contribution in [0.25, 0.3) is 0 Å². The van der Waals surface area contributed by atoms with Gasteiger partial charge in [0.2, 0.25) is 0 Å². The third-order valence-corrected chi connectivity index (χ3v) is 4.30. The van der Waals surface area contributed by atoms with Crippen molar-refractivity contribution in [2.24, 2.45) is 0 Å². The normalized spacial score (nSPS) is 12.3. The van der Waals surface area contributed by atoms with E-state index >= 15 is 0 Å². The summed E-state index contributed by atoms with van der Waals surface area (Å²) in [6.45, 7) is -0.794. The average molecular weight is 368 g/mol. The zero-order valence-corrected chi connectivity index (χ0v) is 14.9. The van der Waals surface area contributed by atoms with E-state index in [4.69, 9.17) is 4.74 Å². The number of hydrogen-bond donors (Lipinski definition) is 1. The molecule has 1 N–H and O–H groups in total. The lowest BCUT2D eigenvalue weighted by atomic mass is 10.0. The molecule has 1 aliphatic rings. The van der Waals surface area contributed by atoms with E-state index in [1.54, 1.807) is 4.90 Å². The number of benzene rings is 2. The van der Waals surface area contributed by atoms with Crippen LogP contribution in [-0.4, -0.2) is 38.2 Å². The molecule has 0 aliphatic carbocycles. The monoisotopic (exact) mass is 368 g/mol. The predicted molar refractivity (Wildman–Crippen MR) is 98.8 cm³/mol. The number of carbonyl (C=O) groups is 3. The molecule has 2 aromatic carbocycles. The molecule has 0 bridgehead atoms. The van der Waals surface area contributed by atoms with Gasteiger partial charge in [-0.2, -0.15) is 0 Å². The predicted octanol–water partition coefficient (Wildman–Crippen LogP) is 2.35. The van der Waals surface area contributed by atoms with Crippen LogP contribution >= 0.6 is 0 Å². The maximum atomic E-state index is 12.9. The Morgan fingerprint density at radius 2 is 1.52 bits per heavy atom. The Morgan fingerprint density at radius 3 is 2.07 bits per heavy atom. The van der Waals surface area contributed by atoms with Crippen LogP contribution in [0.5, 0.6) is 0 Å². The standard InChI is InChI=1S/C20H20N2O5/c1-26-20(25)21-12-19(24)27-13-18(23)22-16-8-4-2-6-14(16)10-11-15-7-3-5-9-17(15)22/h2-9H,10-13H2,1H3,(H,21,25). The van der Waals surface area contributed by atoms with E-state index in [9.17, 15) is 14.4 Å². The summed E-state index contributed by atoms with van der Waals surface area (Å²) < 4.78 is 9.40. The number of fused-ring (bicyclic) bond motifs is 2. The molecule has 0 unspecified atom stereocenters. The molecular weight excluding hydrogens is 348 g/mol. The summed E-state index contributed by atoms with van der Waals surface area (Å²) in [7, 11) is 1.19. The SMILES string of the molecule is COC(=O)NCC(=O)OCC(=O)N1c2ccccc2CCc2ccccc21. The lowest BCUT2D eigenvalue weighted by Crippen LogP contribution is -2.35. The van der Waals surface area contributed by atoms with Crippen molar-refractivity contribution in [3.8, 4) is 0 Å². The number of amides is 2. The number of para-hydroxylation sites is 2. The maximum Gasteiger partial charge on any atom is 0.407 e. The lowest BCUT2D eigenvalue weighted by molar-refractivity contribution is -0.146. The van der Waals surface area contributed by atoms with Crippen LogP contribution in [0.3, 0.4) is 0 Å². The van der Waals surface area contributed by atoms with E-state index in [2.05, 4.69) is 10.1 Å². The molecule has 0 aromatic heterocycles. The van der Waals surface area contributed by atoms with E-state index in [1.807, 2.05) is 48.5 Å². The third-order valence-electron chi connectivity index (χ3n) is 4.30. The molecule has 7 heteroatoms. The van der Waals surface area contributed by atoms with E-state index in [0.29, 0.717) is 0 Å². The van der Waals surface area contributed by atoms with Crippen molar-refractivity contribution < 1.29 is 23.9 Å². The first-order valence-corrected chi connectivity index (χ1v) is 8.56. The molecular formula is C20H20N2O5. The van der Waals surface area contributed by atoms with Crippen molar-refractivity contribution >= 4 is 29.3 Å². The number of anilines is 2. The Hall–Kier alpha value is -3.35. The number of esters is 1. The van der Waals surface area contributed by atoms with Crippen LogP contribution < -0.4 is 10.2 Å². The van der Waals surface area contributed by atoms with Gasteiger partial charge in [-0.1, -0.05) is 36.4 Å². The Kier molecular flexibility index (Phi) is 5.71. The molecule has 0 saturated heterocycles. The van der Waals surface area contributed by atoms with Gasteiger partial charge in [0, 0.05) is 0 Å². The molecule has 27 heavy (non-hydrogen) atoms. The highest BCUT2D eigenvalue weighted by Crippen LogP contribution is 2.35. The molecule has 3 rings (SSSR count). The fourth-order valence-electron chi connectivity index (χ4n) is 3.02. The summed E-state index contributed by atoms with van der Waals surface area (Å²) in [6, 6.07) is 15.4. The molecule has 0 saturated carbocycles. The van der Waals surface area contributed by atoms with E-state index in [1.165, 1.54) is 7.11 Å². The summed E-state index contributed by atoms with van der Waals surface area (Å²) in [5, 5.41) is 2.22. The van der Waals surface area contributed by atoms with Crippen molar-refractivity contribution in [2.75, 3.05) is 25.2 Å². The molecule has 0 fully saturated rings. The third kappa shape index (κ3) is 4.25. The minimum atomic E-state index is -0.742. The highest BCUT2D eigenvalue weighted by molar-refractivity contribution is 6.03. The minimum absolute atomic E-state index is 0.358. The minimum Gasteiger partial charge on any atom is -0.454 e. The molecule has 0 atom stereocenters. The molecule has 1 aliphatic heterocycles. The topological polar surface area (TPSA) is 84.9 Å². The summed E-state index contributed by atoms with van der Waals surface area (Å²) in [6.07, 6.45) is 0.897. The van der Waals surface area contributed by atoms with Crippen LogP contribution in [0, 0.1) is 0 Å². The van der Waals surface area contributed by atoms with Crippen molar-refractivity contribution in [2.45, 2.75) is 12.8 Å². The molecule has 0 radical (unpaired) electrons. The highest BCUT2D eigenvalue weighted by Gasteiger charge is 2.26. The Morgan fingerprint density at radius 1 is 0.963 bits per heavy atom. The Bertz CT molecular complexity index is 817. The van der Waals surface area contributed by atoms with E-state index < -0.39 is 18.7 Å². The molecule has 1 heterocycles. The largest absolute Gasteiger partial charge is 0.454 e. The number of carbonyl (C=O) groups excluding carboxylic acids is 3. The molecule has 2 amide bonds.